The zero-order valence-corrected chi connectivity index (χ0v) is 22.0. The molecular weight excluding hydrogens is 616 g/mol. The molecule has 0 fully saturated rings. The van der Waals surface area contributed by atoms with E-state index in [4.69, 9.17) is 0 Å². The van der Waals surface area contributed by atoms with Gasteiger partial charge in [0, 0.05) is 13.5 Å². The van der Waals surface area contributed by atoms with Crippen molar-refractivity contribution in [3.63, 3.8) is 0 Å². The Balaban J connectivity index is 5.49. The third-order valence-electron chi connectivity index (χ3n) is 5.19. The first kappa shape index (κ1) is 39.6. The molecule has 0 atom stereocenters. The van der Waals surface area contributed by atoms with Gasteiger partial charge in [0.1, 0.15) is 19.3 Å². The van der Waals surface area contributed by atoms with Gasteiger partial charge in [0.05, 0.1) is 6.42 Å². The van der Waals surface area contributed by atoms with Gasteiger partial charge >= 0.3 is 30.4 Å². The summed E-state index contributed by atoms with van der Waals surface area (Å²) in [5, 5.41) is 1.67. The molecule has 1 amide bonds. The summed E-state index contributed by atoms with van der Waals surface area (Å²) in [5.41, 5.74) is -1.01. The molecular formula is C24H29F14NO3. The van der Waals surface area contributed by atoms with Gasteiger partial charge in [-0.3, -0.25) is 14.3 Å². The van der Waals surface area contributed by atoms with Gasteiger partial charge in [-0.05, 0) is 24.7 Å². The van der Waals surface area contributed by atoms with Gasteiger partial charge in [-0.2, -0.15) is 43.9 Å². The topological polar surface area (TPSA) is 47.6 Å². The predicted octanol–water partition coefficient (Wildman–Crippen LogP) is 8.71. The quantitative estimate of drug-likeness (QED) is 0.100. The second kappa shape index (κ2) is 13.9. The standard InChI is InChI=1S/C24H29F14NO3/c1-5-8-18(9-6-2,10-7-3)15-39-16(40)21(31,32)14-24(37,38)42-23(35,36)13-20(29,30)11-19(27,28)12-22(33,34)41-17(4,25)26/h5-7H,1-3,8-15H2,4H3,(H,39,40). The summed E-state index contributed by atoms with van der Waals surface area (Å²) in [7, 11) is 0. The summed E-state index contributed by atoms with van der Waals surface area (Å²) < 4.78 is 196. The molecule has 0 saturated heterocycles. The fourth-order valence-corrected chi connectivity index (χ4v) is 3.82. The first-order valence-corrected chi connectivity index (χ1v) is 11.7. The number of amides is 1. The summed E-state index contributed by atoms with van der Waals surface area (Å²) in [6.45, 7) is 9.51. The van der Waals surface area contributed by atoms with Gasteiger partial charge in [0.15, 0.2) is 0 Å². The van der Waals surface area contributed by atoms with E-state index in [9.17, 15) is 66.3 Å². The van der Waals surface area contributed by atoms with E-state index >= 15 is 0 Å². The molecule has 0 aromatic heterocycles. The highest BCUT2D eigenvalue weighted by molar-refractivity contribution is 5.83. The Morgan fingerprint density at radius 3 is 1.33 bits per heavy atom. The highest BCUT2D eigenvalue weighted by Crippen LogP contribution is 2.46. The zero-order valence-electron chi connectivity index (χ0n) is 22.0. The van der Waals surface area contributed by atoms with E-state index in [1.165, 1.54) is 18.2 Å². The maximum atomic E-state index is 14.2. The van der Waals surface area contributed by atoms with E-state index < -0.39 is 85.8 Å². The SMILES string of the molecule is C=CCC(CC=C)(CC=C)CNC(=O)C(F)(F)CC(F)(F)OC(F)(F)CC(F)(F)CC(F)(F)CC(F)(F)OC(C)(F)F. The highest BCUT2D eigenvalue weighted by atomic mass is 19.3. The molecule has 0 unspecified atom stereocenters. The molecule has 0 rings (SSSR count). The van der Waals surface area contributed by atoms with Crippen molar-refractivity contribution in [1.82, 2.24) is 5.32 Å². The van der Waals surface area contributed by atoms with Crippen LogP contribution in [0.4, 0.5) is 61.5 Å². The van der Waals surface area contributed by atoms with E-state index in [1.807, 2.05) is 0 Å². The average molecular weight is 645 g/mol. The van der Waals surface area contributed by atoms with Gasteiger partial charge in [0.2, 0.25) is 0 Å². The van der Waals surface area contributed by atoms with Crippen LogP contribution >= 0.6 is 0 Å². The Labute approximate surface area is 231 Å². The number of nitrogens with one attached hydrogen (secondary N) is 1. The lowest BCUT2D eigenvalue weighted by Gasteiger charge is -2.32. The van der Waals surface area contributed by atoms with Crippen LogP contribution in [0.3, 0.4) is 0 Å². The fourth-order valence-electron chi connectivity index (χ4n) is 3.82. The first-order valence-electron chi connectivity index (χ1n) is 11.7. The molecule has 42 heavy (non-hydrogen) atoms. The molecule has 1 N–H and O–H groups in total. The molecule has 0 aromatic carbocycles. The maximum absolute atomic E-state index is 14.2. The van der Waals surface area contributed by atoms with Crippen molar-refractivity contribution < 1.29 is 75.7 Å². The van der Waals surface area contributed by atoms with E-state index in [2.05, 4.69) is 29.2 Å². The second-order valence-corrected chi connectivity index (χ2v) is 9.71. The first-order chi connectivity index (χ1) is 18.6. The molecule has 0 radical (unpaired) electrons. The zero-order chi connectivity index (χ0) is 33.5. The number of ether oxygens (including phenoxy) is 2. The molecule has 0 saturated carbocycles. The van der Waals surface area contributed by atoms with Crippen molar-refractivity contribution >= 4 is 5.91 Å². The van der Waals surface area contributed by atoms with Crippen LogP contribution < -0.4 is 5.32 Å². The molecule has 0 bridgehead atoms. The number of hydrogen-bond donors (Lipinski definition) is 1. The fraction of sp³-hybridized carbons (Fsp3) is 0.708. The smallest absolute Gasteiger partial charge is 0.350 e. The summed E-state index contributed by atoms with van der Waals surface area (Å²) in [5.74, 6) is -18.4. The minimum Gasteiger partial charge on any atom is -0.350 e. The lowest BCUT2D eigenvalue weighted by Crippen LogP contribution is -2.49. The Morgan fingerprint density at radius 1 is 0.619 bits per heavy atom. The Morgan fingerprint density at radius 2 is 0.976 bits per heavy atom. The summed E-state index contributed by atoms with van der Waals surface area (Å²) >= 11 is 0. The van der Waals surface area contributed by atoms with E-state index in [0.717, 1.165) is 0 Å². The molecule has 0 heterocycles. The molecule has 0 aliphatic rings. The number of alkyl halides is 14. The lowest BCUT2D eigenvalue weighted by atomic mass is 9.78. The number of carbonyl (C=O) groups is 1. The largest absolute Gasteiger partial charge is 0.366 e. The second-order valence-electron chi connectivity index (χ2n) is 9.71. The average Bonchev–Trinajstić information content (AvgIpc) is 2.65. The Hall–Kier alpha value is -2.37. The van der Waals surface area contributed by atoms with Crippen molar-refractivity contribution in [1.29, 1.82) is 0 Å². The van der Waals surface area contributed by atoms with Crippen molar-refractivity contribution in [2.45, 2.75) is 94.1 Å². The van der Waals surface area contributed by atoms with Crippen molar-refractivity contribution in [3.8, 4) is 0 Å². The van der Waals surface area contributed by atoms with Crippen LogP contribution in [0, 0.1) is 5.41 Å². The Kier molecular flexibility index (Phi) is 13.2. The highest BCUT2D eigenvalue weighted by Gasteiger charge is 2.59. The number of hydrogen-bond acceptors (Lipinski definition) is 3. The maximum Gasteiger partial charge on any atom is 0.366 e. The Bertz CT molecular complexity index is 905. The normalized spacial score (nSPS) is 14.5. The molecule has 0 aliphatic carbocycles. The van der Waals surface area contributed by atoms with Crippen LogP contribution in [0.5, 0.6) is 0 Å². The van der Waals surface area contributed by atoms with Crippen molar-refractivity contribution in [2.24, 2.45) is 5.41 Å². The lowest BCUT2D eigenvalue weighted by molar-refractivity contribution is -0.397. The summed E-state index contributed by atoms with van der Waals surface area (Å²) in [6, 6.07) is 0. The number of allylic oxidation sites excluding steroid dienone is 3. The number of halogens is 14. The van der Waals surface area contributed by atoms with Crippen LogP contribution in [0.15, 0.2) is 38.0 Å². The predicted molar refractivity (Wildman–Crippen MR) is 121 cm³/mol. The minimum atomic E-state index is -5.84. The van der Waals surface area contributed by atoms with E-state index in [1.54, 1.807) is 5.32 Å². The molecule has 0 aliphatic heterocycles. The van der Waals surface area contributed by atoms with Crippen LogP contribution in [-0.2, 0) is 14.3 Å². The van der Waals surface area contributed by atoms with E-state index in [0.29, 0.717) is 0 Å². The van der Waals surface area contributed by atoms with Gasteiger partial charge in [-0.15, -0.1) is 19.7 Å². The summed E-state index contributed by atoms with van der Waals surface area (Å²) in [4.78, 5) is 11.9. The van der Waals surface area contributed by atoms with Crippen molar-refractivity contribution in [3.05, 3.63) is 38.0 Å². The van der Waals surface area contributed by atoms with Gasteiger partial charge in [-0.25, -0.2) is 17.6 Å². The molecule has 246 valence electrons. The molecule has 0 aromatic rings. The molecule has 18 heteroatoms. The van der Waals surface area contributed by atoms with Crippen molar-refractivity contribution in [2.75, 3.05) is 6.54 Å². The summed E-state index contributed by atoms with van der Waals surface area (Å²) in [6.07, 6.45) is -30.1. The number of carbonyl (C=O) groups excluding carboxylic acids is 1. The monoisotopic (exact) mass is 645 g/mol. The van der Waals surface area contributed by atoms with Crippen LogP contribution in [0.1, 0.15) is 51.9 Å². The van der Waals surface area contributed by atoms with Crippen LogP contribution in [-0.4, -0.2) is 54.7 Å². The van der Waals surface area contributed by atoms with E-state index in [-0.39, 0.29) is 26.2 Å². The van der Waals surface area contributed by atoms with Crippen LogP contribution in [0.25, 0.3) is 0 Å². The minimum absolute atomic E-state index is 0.103. The van der Waals surface area contributed by atoms with Gasteiger partial charge < -0.3 is 5.32 Å². The van der Waals surface area contributed by atoms with Gasteiger partial charge in [0.25, 0.3) is 17.8 Å². The number of rotatable bonds is 21. The van der Waals surface area contributed by atoms with Crippen LogP contribution in [0.2, 0.25) is 0 Å². The third-order valence-corrected chi connectivity index (χ3v) is 5.19. The molecule has 0 spiro atoms. The van der Waals surface area contributed by atoms with Gasteiger partial charge in [-0.1, -0.05) is 18.2 Å². The molecule has 4 nitrogen and oxygen atoms in total. The third kappa shape index (κ3) is 15.2.